The van der Waals surface area contributed by atoms with Crippen molar-refractivity contribution in [1.29, 1.82) is 0 Å². The molecule has 1 aromatic carbocycles. The summed E-state index contributed by atoms with van der Waals surface area (Å²) in [7, 11) is 3.74. The Hall–Kier alpha value is -2.53. The first-order valence-corrected chi connectivity index (χ1v) is 10.8. The van der Waals surface area contributed by atoms with Gasteiger partial charge in [0, 0.05) is 6.42 Å². The summed E-state index contributed by atoms with van der Waals surface area (Å²) >= 11 is 1.36. The van der Waals surface area contributed by atoms with Gasteiger partial charge in [-0.2, -0.15) is 0 Å². The molecule has 4 rings (SSSR count). The lowest BCUT2D eigenvalue weighted by atomic mass is 9.88. The normalized spacial score (nSPS) is 19.6. The number of benzene rings is 1. The third-order valence-corrected chi connectivity index (χ3v) is 6.48. The molecular weight excluding hydrogens is 402 g/mol. The lowest BCUT2D eigenvalue weighted by Crippen LogP contribution is -3.10. The molecule has 2 N–H and O–H groups in total. The summed E-state index contributed by atoms with van der Waals surface area (Å²) in [5.41, 5.74) is 1.13. The van der Waals surface area contributed by atoms with E-state index in [1.807, 2.05) is 18.2 Å². The first kappa shape index (κ1) is 20.7. The van der Waals surface area contributed by atoms with Crippen LogP contribution < -0.4 is 19.1 Å². The molecule has 0 spiro atoms. The molecule has 2 aromatic rings. The monoisotopic (exact) mass is 428 g/mol. The fraction of sp³-hybridized carbons (Fsp3) is 0.435. The predicted octanol–water partition coefficient (Wildman–Crippen LogP) is 1.99. The molecule has 0 amide bonds. The van der Waals surface area contributed by atoms with Crippen LogP contribution in [-0.2, 0) is 6.42 Å². The number of rotatable bonds is 4. The van der Waals surface area contributed by atoms with Crippen molar-refractivity contribution in [3.8, 4) is 29.1 Å². The summed E-state index contributed by atoms with van der Waals surface area (Å²) in [6.07, 6.45) is 1.27. The predicted molar refractivity (Wildman–Crippen MR) is 114 cm³/mol. The average molecular weight is 429 g/mol. The lowest BCUT2D eigenvalue weighted by molar-refractivity contribution is -0.913. The summed E-state index contributed by atoms with van der Waals surface area (Å²) in [4.78, 5) is 15.8. The minimum absolute atomic E-state index is 0.0290. The Morgan fingerprint density at radius 3 is 2.93 bits per heavy atom. The summed E-state index contributed by atoms with van der Waals surface area (Å²) in [5.74, 6) is 7.83. The molecule has 30 heavy (non-hydrogen) atoms. The third-order valence-electron chi connectivity index (χ3n) is 5.44. The van der Waals surface area contributed by atoms with E-state index < -0.39 is 5.60 Å². The van der Waals surface area contributed by atoms with Crippen molar-refractivity contribution < 1.29 is 29.0 Å². The molecule has 0 radical (unpaired) electrons. The van der Waals surface area contributed by atoms with Crippen LogP contribution in [0.5, 0.6) is 17.2 Å². The fourth-order valence-corrected chi connectivity index (χ4v) is 4.76. The summed E-state index contributed by atoms with van der Waals surface area (Å²) < 4.78 is 16.9. The number of fused-ring (bicyclic) bond motifs is 2. The number of thiophene rings is 1. The van der Waals surface area contributed by atoms with Gasteiger partial charge in [-0.25, -0.2) is 0 Å². The molecule has 2 atom stereocenters. The smallest absolute Gasteiger partial charge is 0.231 e. The molecule has 6 nitrogen and oxygen atoms in total. The molecule has 0 saturated heterocycles. The van der Waals surface area contributed by atoms with E-state index in [9.17, 15) is 9.90 Å². The molecule has 3 heterocycles. The molecule has 0 saturated carbocycles. The number of carbonyl (C=O) groups excluding carboxylic acids is 1. The van der Waals surface area contributed by atoms with E-state index in [4.69, 9.17) is 14.2 Å². The molecule has 0 bridgehead atoms. The van der Waals surface area contributed by atoms with Gasteiger partial charge in [-0.1, -0.05) is 11.8 Å². The number of quaternary nitrogens is 1. The van der Waals surface area contributed by atoms with Crippen LogP contribution in [0, 0.1) is 11.8 Å². The number of methoxy groups -OCH3 is 1. The van der Waals surface area contributed by atoms with Gasteiger partial charge < -0.3 is 24.2 Å². The van der Waals surface area contributed by atoms with Gasteiger partial charge in [-0.05, 0) is 37.6 Å². The van der Waals surface area contributed by atoms with E-state index in [0.717, 1.165) is 29.0 Å². The summed E-state index contributed by atoms with van der Waals surface area (Å²) in [6, 6.07) is 5.65. The largest absolute Gasteiger partial charge is 0.492 e. The first-order chi connectivity index (χ1) is 14.3. The third kappa shape index (κ3) is 4.04. The Balaban J connectivity index is 1.62. The number of ketones is 1. The Morgan fingerprint density at radius 1 is 1.40 bits per heavy atom. The highest BCUT2D eigenvalue weighted by Gasteiger charge is 2.37. The number of ether oxygens (including phenoxy) is 3. The van der Waals surface area contributed by atoms with E-state index in [-0.39, 0.29) is 18.6 Å². The number of likely N-dealkylation sites (N-methyl/N-ethyl adjacent to an activating group) is 1. The summed E-state index contributed by atoms with van der Waals surface area (Å²) in [5, 5.41) is 9.78. The van der Waals surface area contributed by atoms with Gasteiger partial charge in [-0.3, -0.25) is 4.79 Å². The van der Waals surface area contributed by atoms with Gasteiger partial charge in [0.25, 0.3) is 0 Å². The highest BCUT2D eigenvalue weighted by Crippen LogP contribution is 2.48. The highest BCUT2D eigenvalue weighted by atomic mass is 32.1. The van der Waals surface area contributed by atoms with Gasteiger partial charge in [0.1, 0.15) is 11.6 Å². The van der Waals surface area contributed by atoms with E-state index in [0.29, 0.717) is 28.5 Å². The van der Waals surface area contributed by atoms with Gasteiger partial charge in [0.05, 0.1) is 42.4 Å². The van der Waals surface area contributed by atoms with Crippen molar-refractivity contribution in [2.24, 2.45) is 0 Å². The number of aliphatic hydroxyl groups is 1. The molecule has 0 fully saturated rings. The Morgan fingerprint density at radius 2 is 2.20 bits per heavy atom. The maximum atomic E-state index is 13.1. The molecule has 7 heteroatoms. The zero-order valence-electron chi connectivity index (χ0n) is 17.6. The quantitative estimate of drug-likeness (QED) is 0.576. The first-order valence-electron chi connectivity index (χ1n) is 9.97. The number of nitrogens with one attached hydrogen (secondary N) is 1. The van der Waals surface area contributed by atoms with Crippen LogP contribution in [0.25, 0.3) is 0 Å². The molecule has 1 unspecified atom stereocenters. The zero-order valence-corrected chi connectivity index (χ0v) is 18.4. The number of Topliss-reactive ketones (excluding diaryl/α,β-unsaturated/α-hetero) is 1. The SMILES string of the molecule is COc1c2c(cc3c1[C@H](CC(=O)c1ccc(C#CC(C)(C)O)s1)[NH+](C)CC3)OCO2. The second kappa shape index (κ2) is 7.95. The molecule has 158 valence electrons. The van der Waals surface area contributed by atoms with E-state index in [2.05, 4.69) is 18.9 Å². The minimum Gasteiger partial charge on any atom is -0.492 e. The van der Waals surface area contributed by atoms with Crippen LogP contribution >= 0.6 is 11.3 Å². The van der Waals surface area contributed by atoms with Crippen molar-refractivity contribution in [3.63, 3.8) is 0 Å². The maximum absolute atomic E-state index is 13.1. The second-order valence-corrected chi connectivity index (χ2v) is 9.30. The van der Waals surface area contributed by atoms with Gasteiger partial charge in [-0.15, -0.1) is 11.3 Å². The average Bonchev–Trinajstić information content (AvgIpc) is 3.35. The van der Waals surface area contributed by atoms with Crippen LogP contribution in [0.2, 0.25) is 0 Å². The van der Waals surface area contributed by atoms with Gasteiger partial charge in [0.15, 0.2) is 17.3 Å². The maximum Gasteiger partial charge on any atom is 0.231 e. The van der Waals surface area contributed by atoms with E-state index >= 15 is 0 Å². The number of carbonyl (C=O) groups is 1. The molecule has 0 aliphatic carbocycles. The Bertz CT molecular complexity index is 1040. The van der Waals surface area contributed by atoms with Gasteiger partial charge >= 0.3 is 0 Å². The second-order valence-electron chi connectivity index (χ2n) is 8.22. The van der Waals surface area contributed by atoms with Crippen LogP contribution in [0.1, 0.15) is 52.0 Å². The Labute approximate surface area is 180 Å². The standard InChI is InChI=1S/C23H25NO5S/c1-23(2,26)9-7-15-5-6-19(30-15)17(25)12-16-20-14(8-10-24(16)3)11-18-21(22(20)27-4)29-13-28-18/h5-6,11,16,26H,8,10,12-13H2,1-4H3/p+1/t16-/m0/s1. The van der Waals surface area contributed by atoms with Crippen molar-refractivity contribution in [2.75, 3.05) is 27.5 Å². The molecule has 1 aromatic heterocycles. The van der Waals surface area contributed by atoms with Crippen molar-refractivity contribution in [1.82, 2.24) is 0 Å². The number of hydrogen-bond donors (Lipinski definition) is 2. The number of hydrogen-bond acceptors (Lipinski definition) is 6. The van der Waals surface area contributed by atoms with Crippen LogP contribution in [0.3, 0.4) is 0 Å². The zero-order chi connectivity index (χ0) is 21.5. The van der Waals surface area contributed by atoms with E-state index in [1.54, 1.807) is 21.0 Å². The van der Waals surface area contributed by atoms with Gasteiger partial charge in [0.2, 0.25) is 12.5 Å². The van der Waals surface area contributed by atoms with Crippen molar-refractivity contribution in [2.45, 2.75) is 38.3 Å². The molecular formula is C23H26NO5S+. The fourth-order valence-electron chi connectivity index (χ4n) is 3.95. The molecule has 2 aliphatic heterocycles. The minimum atomic E-state index is -1.06. The summed E-state index contributed by atoms with van der Waals surface area (Å²) in [6.45, 7) is 4.39. The van der Waals surface area contributed by atoms with E-state index in [1.165, 1.54) is 16.2 Å². The van der Waals surface area contributed by atoms with Crippen molar-refractivity contribution >= 4 is 17.1 Å². The lowest BCUT2D eigenvalue weighted by Gasteiger charge is -2.32. The van der Waals surface area contributed by atoms with Crippen LogP contribution in [0.15, 0.2) is 18.2 Å². The van der Waals surface area contributed by atoms with Crippen LogP contribution in [-0.4, -0.2) is 44.0 Å². The topological polar surface area (TPSA) is 69.4 Å². The molecule has 2 aliphatic rings. The van der Waals surface area contributed by atoms with Crippen LogP contribution in [0.4, 0.5) is 0 Å². The van der Waals surface area contributed by atoms with Crippen molar-refractivity contribution in [3.05, 3.63) is 39.1 Å². The highest BCUT2D eigenvalue weighted by molar-refractivity contribution is 7.14. The Kier molecular flexibility index (Phi) is 5.49.